The Morgan fingerprint density at radius 3 is 2.64 bits per heavy atom. The fourth-order valence-corrected chi connectivity index (χ4v) is 0.864. The van der Waals surface area contributed by atoms with Crippen molar-refractivity contribution in [2.45, 2.75) is 0 Å². The lowest BCUT2D eigenvalue weighted by molar-refractivity contribution is 0.0697. The van der Waals surface area contributed by atoms with E-state index in [-0.39, 0.29) is 5.69 Å². The molecule has 0 spiro atoms. The number of hydrogen-bond donors (Lipinski definition) is 2. The van der Waals surface area contributed by atoms with Crippen molar-refractivity contribution < 1.29 is 24.2 Å². The lowest BCUT2D eigenvalue weighted by atomic mass is 10.1. The van der Waals surface area contributed by atoms with Gasteiger partial charge in [-0.1, -0.05) is 0 Å². The number of rotatable bonds is 2. The summed E-state index contributed by atoms with van der Waals surface area (Å²) in [5.41, 5.74) is -0.852. The largest absolute Gasteiger partial charge is 0.505 e. The fraction of sp³-hybridized carbons (Fsp3) is 0. The summed E-state index contributed by atoms with van der Waals surface area (Å²) in [6, 6.07) is 1.32. The highest BCUT2D eigenvalue weighted by Gasteiger charge is 2.14. The molecule has 2 N–H and O–H groups in total. The Labute approximate surface area is 77.1 Å². The number of hydrogen-bond acceptors (Lipinski definition) is 4. The summed E-state index contributed by atoms with van der Waals surface area (Å²) in [7, 11) is 0. The molecule has 0 atom stereocenters. The lowest BCUT2D eigenvalue weighted by Crippen LogP contribution is -1.97. The number of benzene rings is 1. The van der Waals surface area contributed by atoms with E-state index in [1.54, 1.807) is 0 Å². The minimum absolute atomic E-state index is 0.386. The summed E-state index contributed by atoms with van der Waals surface area (Å²) in [5.74, 6) is -3.29. The van der Waals surface area contributed by atoms with Gasteiger partial charge < -0.3 is 10.2 Å². The Morgan fingerprint density at radius 2 is 2.14 bits per heavy atom. The Hall–Kier alpha value is -2.20. The molecule has 0 bridgehead atoms. The van der Waals surface area contributed by atoms with Gasteiger partial charge in [-0.05, 0) is 6.07 Å². The predicted octanol–water partition coefficient (Wildman–Crippen LogP) is 1.20. The van der Waals surface area contributed by atoms with Gasteiger partial charge in [-0.15, -0.1) is 0 Å². The van der Waals surface area contributed by atoms with Crippen molar-refractivity contribution in [2.24, 2.45) is 4.99 Å². The van der Waals surface area contributed by atoms with Crippen LogP contribution in [0.2, 0.25) is 0 Å². The molecule has 14 heavy (non-hydrogen) atoms. The number of isocyanates is 1. The molecule has 0 aliphatic rings. The summed E-state index contributed by atoms with van der Waals surface area (Å²) >= 11 is 0. The van der Waals surface area contributed by atoms with E-state index < -0.39 is 23.1 Å². The van der Waals surface area contributed by atoms with Gasteiger partial charge in [0.1, 0.15) is 0 Å². The van der Waals surface area contributed by atoms with Gasteiger partial charge in [0.05, 0.1) is 11.3 Å². The van der Waals surface area contributed by atoms with Crippen LogP contribution in [0.4, 0.5) is 10.1 Å². The molecule has 0 fully saturated rings. The number of phenols is 1. The van der Waals surface area contributed by atoms with E-state index in [0.717, 1.165) is 6.08 Å². The molecule has 1 aromatic rings. The predicted molar refractivity (Wildman–Crippen MR) is 42.8 cm³/mol. The molecule has 0 heterocycles. The molecule has 72 valence electrons. The van der Waals surface area contributed by atoms with Crippen LogP contribution in [0.25, 0.3) is 0 Å². The van der Waals surface area contributed by atoms with Crippen LogP contribution in [-0.4, -0.2) is 22.3 Å². The number of aromatic carboxylic acids is 1. The third-order valence-electron chi connectivity index (χ3n) is 1.46. The zero-order valence-electron chi connectivity index (χ0n) is 6.69. The minimum Gasteiger partial charge on any atom is -0.505 e. The van der Waals surface area contributed by atoms with Crippen molar-refractivity contribution in [3.63, 3.8) is 0 Å². The van der Waals surface area contributed by atoms with Gasteiger partial charge in [0.15, 0.2) is 11.6 Å². The van der Waals surface area contributed by atoms with Crippen LogP contribution in [-0.2, 0) is 4.79 Å². The van der Waals surface area contributed by atoms with Crippen molar-refractivity contribution in [2.75, 3.05) is 0 Å². The highest BCUT2D eigenvalue weighted by Crippen LogP contribution is 2.26. The van der Waals surface area contributed by atoms with Crippen LogP contribution in [0.1, 0.15) is 10.4 Å². The van der Waals surface area contributed by atoms with Gasteiger partial charge in [0, 0.05) is 6.07 Å². The summed E-state index contributed by atoms with van der Waals surface area (Å²) in [6.45, 7) is 0. The second kappa shape index (κ2) is 3.67. The SMILES string of the molecule is O=C=Nc1cc(F)c(O)cc1C(=O)O. The molecule has 0 aliphatic heterocycles. The van der Waals surface area contributed by atoms with E-state index in [4.69, 9.17) is 10.2 Å². The molecule has 0 amide bonds. The van der Waals surface area contributed by atoms with Crippen LogP contribution in [0.5, 0.6) is 5.75 Å². The van der Waals surface area contributed by atoms with E-state index >= 15 is 0 Å². The number of halogens is 1. The Bertz CT molecular complexity index is 410. The van der Waals surface area contributed by atoms with Crippen molar-refractivity contribution in [1.29, 1.82) is 0 Å². The molecule has 1 rings (SSSR count). The van der Waals surface area contributed by atoms with Crippen molar-refractivity contribution in [3.05, 3.63) is 23.5 Å². The van der Waals surface area contributed by atoms with Gasteiger partial charge in [-0.2, -0.15) is 4.99 Å². The molecule has 0 radical (unpaired) electrons. The van der Waals surface area contributed by atoms with E-state index in [1.807, 2.05) is 0 Å². The van der Waals surface area contributed by atoms with Crippen LogP contribution in [0.15, 0.2) is 17.1 Å². The maximum absolute atomic E-state index is 12.7. The van der Waals surface area contributed by atoms with Crippen LogP contribution in [0, 0.1) is 5.82 Å². The Balaban J connectivity index is 3.45. The van der Waals surface area contributed by atoms with E-state index in [2.05, 4.69) is 4.99 Å². The third kappa shape index (κ3) is 1.75. The Kier molecular flexibility index (Phi) is 2.59. The van der Waals surface area contributed by atoms with E-state index in [1.165, 1.54) is 0 Å². The highest BCUT2D eigenvalue weighted by molar-refractivity contribution is 5.94. The average Bonchev–Trinajstić information content (AvgIpc) is 2.11. The standard InChI is InChI=1S/C8H4FNO4/c9-5-2-6(10-3-11)4(8(13)14)1-7(5)12/h1-2,12H,(H,13,14). The molecule has 1 aromatic carbocycles. The molecule has 0 saturated carbocycles. The number of carboxylic acid groups (broad SMARTS) is 1. The number of aliphatic imine (C=N–C) groups is 1. The second-order valence-corrected chi connectivity index (χ2v) is 2.33. The monoisotopic (exact) mass is 197 g/mol. The first-order valence-electron chi connectivity index (χ1n) is 3.40. The first-order chi connectivity index (χ1) is 6.56. The second-order valence-electron chi connectivity index (χ2n) is 2.33. The van der Waals surface area contributed by atoms with Gasteiger partial charge in [0.2, 0.25) is 6.08 Å². The van der Waals surface area contributed by atoms with Crippen LogP contribution in [0.3, 0.4) is 0 Å². The highest BCUT2D eigenvalue weighted by atomic mass is 19.1. The van der Waals surface area contributed by atoms with Gasteiger partial charge in [-0.25, -0.2) is 14.0 Å². The molecule has 0 saturated heterocycles. The number of carboxylic acids is 1. The van der Waals surface area contributed by atoms with Gasteiger partial charge >= 0.3 is 5.97 Å². The summed E-state index contributed by atoms with van der Waals surface area (Å²) < 4.78 is 12.7. The van der Waals surface area contributed by atoms with E-state index in [0.29, 0.717) is 12.1 Å². The van der Waals surface area contributed by atoms with E-state index in [9.17, 15) is 14.0 Å². The average molecular weight is 197 g/mol. The molecule has 0 unspecified atom stereocenters. The first-order valence-corrected chi connectivity index (χ1v) is 3.40. The third-order valence-corrected chi connectivity index (χ3v) is 1.46. The van der Waals surface area contributed by atoms with Crippen molar-refractivity contribution in [1.82, 2.24) is 0 Å². The minimum atomic E-state index is -1.42. The molecule has 0 aliphatic carbocycles. The molecule has 0 aromatic heterocycles. The molecular formula is C8H4FNO4. The topological polar surface area (TPSA) is 87.0 Å². The number of phenolic OH excluding ortho intramolecular Hbond substituents is 1. The van der Waals surface area contributed by atoms with Crippen LogP contribution < -0.4 is 0 Å². The number of aromatic hydroxyl groups is 1. The number of nitrogens with zero attached hydrogens (tertiary/aromatic N) is 1. The fourth-order valence-electron chi connectivity index (χ4n) is 0.864. The first kappa shape index (κ1) is 9.88. The molecular weight excluding hydrogens is 193 g/mol. The van der Waals surface area contributed by atoms with Crippen LogP contribution >= 0.6 is 0 Å². The number of carbonyl (C=O) groups excluding carboxylic acids is 1. The molecule has 6 heteroatoms. The normalized spacial score (nSPS) is 9.21. The molecule has 5 nitrogen and oxygen atoms in total. The van der Waals surface area contributed by atoms with Gasteiger partial charge in [0.25, 0.3) is 0 Å². The smallest absolute Gasteiger partial charge is 0.338 e. The number of carbonyl (C=O) groups is 1. The maximum Gasteiger partial charge on any atom is 0.338 e. The lowest BCUT2D eigenvalue weighted by Gasteiger charge is -2.00. The maximum atomic E-state index is 12.7. The summed E-state index contributed by atoms with van der Waals surface area (Å²) in [5, 5.41) is 17.4. The summed E-state index contributed by atoms with van der Waals surface area (Å²) in [4.78, 5) is 23.4. The summed E-state index contributed by atoms with van der Waals surface area (Å²) in [6.07, 6.45) is 1.09. The van der Waals surface area contributed by atoms with Crippen molar-refractivity contribution >= 4 is 17.7 Å². The van der Waals surface area contributed by atoms with Gasteiger partial charge in [-0.3, -0.25) is 0 Å². The zero-order valence-corrected chi connectivity index (χ0v) is 6.69. The quantitative estimate of drug-likeness (QED) is 0.550. The zero-order chi connectivity index (χ0) is 10.7. The van der Waals surface area contributed by atoms with Crippen molar-refractivity contribution in [3.8, 4) is 5.75 Å². The Morgan fingerprint density at radius 1 is 1.50 bits per heavy atom.